The van der Waals surface area contributed by atoms with Crippen LogP contribution in [0.5, 0.6) is 11.5 Å². The summed E-state index contributed by atoms with van der Waals surface area (Å²) in [6.45, 7) is 4.41. The van der Waals surface area contributed by atoms with E-state index in [9.17, 15) is 4.79 Å². The van der Waals surface area contributed by atoms with Gasteiger partial charge in [-0.1, -0.05) is 30.3 Å². The minimum absolute atomic E-state index is 0.381. The van der Waals surface area contributed by atoms with Gasteiger partial charge in [0.05, 0.1) is 12.5 Å². The Kier molecular flexibility index (Phi) is 4.32. The summed E-state index contributed by atoms with van der Waals surface area (Å²) >= 11 is 0. The van der Waals surface area contributed by atoms with E-state index in [1.54, 1.807) is 19.2 Å². The quantitative estimate of drug-likeness (QED) is 0.373. The number of hydrogen-bond donors (Lipinski definition) is 0. The van der Waals surface area contributed by atoms with Crippen LogP contribution < -0.4 is 15.1 Å². The molecule has 0 saturated heterocycles. The van der Waals surface area contributed by atoms with Gasteiger partial charge in [-0.25, -0.2) is 4.79 Å². The Morgan fingerprint density at radius 3 is 2.30 bits per heavy atom. The summed E-state index contributed by atoms with van der Waals surface area (Å²) in [6.07, 6.45) is 0. The van der Waals surface area contributed by atoms with Crippen LogP contribution in [0.3, 0.4) is 0 Å². The van der Waals surface area contributed by atoms with Crippen molar-refractivity contribution in [1.29, 1.82) is 0 Å². The fourth-order valence-corrected chi connectivity index (χ4v) is 3.31. The largest absolute Gasteiger partial charge is 0.496 e. The maximum absolute atomic E-state index is 12.5. The Morgan fingerprint density at radius 1 is 0.852 bits per heavy atom. The van der Waals surface area contributed by atoms with Crippen LogP contribution in [0.25, 0.3) is 21.7 Å². The van der Waals surface area contributed by atoms with Crippen LogP contribution in [0.2, 0.25) is 0 Å². The molecule has 1 heterocycles. The van der Waals surface area contributed by atoms with Crippen LogP contribution in [0, 0.1) is 13.8 Å². The maximum Gasteiger partial charge on any atom is 0.344 e. The molecule has 0 saturated carbocycles. The summed E-state index contributed by atoms with van der Waals surface area (Å²) in [5.41, 5.74) is 3.18. The lowest BCUT2D eigenvalue weighted by atomic mass is 10.0. The molecule has 0 N–H and O–H groups in total. The highest BCUT2D eigenvalue weighted by Crippen LogP contribution is 2.32. The summed E-state index contributed by atoms with van der Waals surface area (Å²) in [4.78, 5) is 12.5. The summed E-state index contributed by atoms with van der Waals surface area (Å²) in [5, 5.41) is 2.26. The number of fused-ring (bicyclic) bond motifs is 3. The standard InChI is InChI=1S/C23H20O4/c1-14-9-17-18-10-15(2)21(26-13-16-7-5-4-6-8-16)12-22(18)27-23(24)19(17)11-20(14)25-3/h4-12H,13H2,1-3H3. The molecule has 0 atom stereocenters. The van der Waals surface area contributed by atoms with E-state index in [-0.39, 0.29) is 5.63 Å². The molecule has 3 aromatic carbocycles. The van der Waals surface area contributed by atoms with E-state index in [1.165, 1.54) is 0 Å². The number of rotatable bonds is 4. The van der Waals surface area contributed by atoms with Gasteiger partial charge in [-0.15, -0.1) is 0 Å². The van der Waals surface area contributed by atoms with Gasteiger partial charge in [-0.3, -0.25) is 0 Å². The van der Waals surface area contributed by atoms with Gasteiger partial charge in [0.2, 0.25) is 0 Å². The summed E-state index contributed by atoms with van der Waals surface area (Å²) in [5.74, 6) is 1.38. The lowest BCUT2D eigenvalue weighted by Gasteiger charge is -2.12. The third kappa shape index (κ3) is 3.14. The SMILES string of the molecule is COc1cc2c(=O)oc3cc(OCc4ccccc4)c(C)cc3c2cc1C. The zero-order valence-corrected chi connectivity index (χ0v) is 15.5. The molecule has 0 aliphatic carbocycles. The first-order valence-corrected chi connectivity index (χ1v) is 8.79. The molecule has 4 rings (SSSR count). The summed E-state index contributed by atoms with van der Waals surface area (Å²) < 4.78 is 16.9. The topological polar surface area (TPSA) is 48.7 Å². The van der Waals surface area contributed by atoms with Crippen molar-refractivity contribution in [3.8, 4) is 11.5 Å². The second-order valence-corrected chi connectivity index (χ2v) is 6.65. The second-order valence-electron chi connectivity index (χ2n) is 6.65. The molecule has 136 valence electrons. The first-order chi connectivity index (χ1) is 13.1. The van der Waals surface area contributed by atoms with Crippen molar-refractivity contribution in [3.63, 3.8) is 0 Å². The van der Waals surface area contributed by atoms with Gasteiger partial charge in [0, 0.05) is 16.8 Å². The predicted molar refractivity (Wildman–Crippen MR) is 107 cm³/mol. The lowest BCUT2D eigenvalue weighted by Crippen LogP contribution is -2.02. The lowest BCUT2D eigenvalue weighted by molar-refractivity contribution is 0.304. The molecular weight excluding hydrogens is 340 g/mol. The molecule has 4 aromatic rings. The van der Waals surface area contributed by atoms with E-state index in [4.69, 9.17) is 13.9 Å². The number of benzene rings is 3. The van der Waals surface area contributed by atoms with E-state index in [2.05, 4.69) is 0 Å². The third-order valence-electron chi connectivity index (χ3n) is 4.76. The highest BCUT2D eigenvalue weighted by atomic mass is 16.5. The van der Waals surface area contributed by atoms with Crippen LogP contribution in [0.15, 0.2) is 63.8 Å². The molecule has 1 aromatic heterocycles. The van der Waals surface area contributed by atoms with E-state index in [0.29, 0.717) is 29.1 Å². The molecule has 0 spiro atoms. The van der Waals surface area contributed by atoms with Crippen LogP contribution in [-0.2, 0) is 6.61 Å². The van der Waals surface area contributed by atoms with Gasteiger partial charge < -0.3 is 13.9 Å². The van der Waals surface area contributed by atoms with Crippen molar-refractivity contribution in [3.05, 3.63) is 81.7 Å². The molecule has 0 aliphatic rings. The zero-order chi connectivity index (χ0) is 19.0. The van der Waals surface area contributed by atoms with Crippen LogP contribution >= 0.6 is 0 Å². The highest BCUT2D eigenvalue weighted by molar-refractivity contribution is 6.05. The third-order valence-corrected chi connectivity index (χ3v) is 4.76. The number of aryl methyl sites for hydroxylation is 2. The predicted octanol–water partition coefficient (Wildman–Crippen LogP) is 5.15. The fraction of sp³-hybridized carbons (Fsp3) is 0.174. The highest BCUT2D eigenvalue weighted by Gasteiger charge is 2.13. The molecule has 0 amide bonds. The molecular formula is C23H20O4. The van der Waals surface area contributed by atoms with E-state index < -0.39 is 0 Å². The van der Waals surface area contributed by atoms with Crippen molar-refractivity contribution >= 4 is 21.7 Å². The molecule has 0 fully saturated rings. The molecule has 0 aliphatic heterocycles. The molecule has 4 nitrogen and oxygen atoms in total. The fourth-order valence-electron chi connectivity index (χ4n) is 3.31. The molecule has 27 heavy (non-hydrogen) atoms. The summed E-state index contributed by atoms with van der Waals surface area (Å²) in [6, 6.07) is 17.5. The zero-order valence-electron chi connectivity index (χ0n) is 15.5. The number of methoxy groups -OCH3 is 1. The monoisotopic (exact) mass is 360 g/mol. The molecule has 0 bridgehead atoms. The van der Waals surface area contributed by atoms with Crippen LogP contribution in [0.4, 0.5) is 0 Å². The van der Waals surface area contributed by atoms with Crippen molar-refractivity contribution < 1.29 is 13.9 Å². The Labute approximate surface area is 157 Å². The second kappa shape index (κ2) is 6.80. The van der Waals surface area contributed by atoms with Crippen molar-refractivity contribution in [2.45, 2.75) is 20.5 Å². The summed E-state index contributed by atoms with van der Waals surface area (Å²) in [7, 11) is 1.59. The van der Waals surface area contributed by atoms with Gasteiger partial charge in [-0.2, -0.15) is 0 Å². The Balaban J connectivity index is 1.82. The van der Waals surface area contributed by atoms with Crippen LogP contribution in [0.1, 0.15) is 16.7 Å². The van der Waals surface area contributed by atoms with E-state index in [1.807, 2.05) is 56.3 Å². The Morgan fingerprint density at radius 2 is 1.56 bits per heavy atom. The first kappa shape index (κ1) is 17.2. The van der Waals surface area contributed by atoms with Gasteiger partial charge in [0.15, 0.2) is 0 Å². The molecule has 0 unspecified atom stereocenters. The van der Waals surface area contributed by atoms with E-state index >= 15 is 0 Å². The smallest absolute Gasteiger partial charge is 0.344 e. The minimum Gasteiger partial charge on any atom is -0.496 e. The average molecular weight is 360 g/mol. The first-order valence-electron chi connectivity index (χ1n) is 8.79. The minimum atomic E-state index is -0.381. The van der Waals surface area contributed by atoms with Gasteiger partial charge in [-0.05, 0) is 48.7 Å². The normalized spacial score (nSPS) is 11.1. The van der Waals surface area contributed by atoms with Crippen LogP contribution in [-0.4, -0.2) is 7.11 Å². The van der Waals surface area contributed by atoms with E-state index in [0.717, 1.165) is 27.5 Å². The van der Waals surface area contributed by atoms with Crippen molar-refractivity contribution in [1.82, 2.24) is 0 Å². The molecule has 0 radical (unpaired) electrons. The van der Waals surface area contributed by atoms with Crippen molar-refractivity contribution in [2.24, 2.45) is 0 Å². The number of ether oxygens (including phenoxy) is 2. The van der Waals surface area contributed by atoms with Crippen molar-refractivity contribution in [2.75, 3.05) is 7.11 Å². The average Bonchev–Trinajstić information content (AvgIpc) is 2.68. The Bertz CT molecular complexity index is 1190. The van der Waals surface area contributed by atoms with Gasteiger partial charge in [0.1, 0.15) is 23.7 Å². The Hall–Kier alpha value is -3.27. The maximum atomic E-state index is 12.5. The molecule has 4 heteroatoms. The number of hydrogen-bond acceptors (Lipinski definition) is 4. The van der Waals surface area contributed by atoms with Gasteiger partial charge >= 0.3 is 5.63 Å². The van der Waals surface area contributed by atoms with Gasteiger partial charge in [0.25, 0.3) is 0 Å².